The number of piperidine rings is 1. The zero-order valence-electron chi connectivity index (χ0n) is 13.0. The first-order chi connectivity index (χ1) is 10.6. The van der Waals surface area contributed by atoms with Crippen LogP contribution in [0.5, 0.6) is 0 Å². The van der Waals surface area contributed by atoms with E-state index in [0.717, 1.165) is 31.2 Å². The number of rotatable bonds is 3. The van der Waals surface area contributed by atoms with Crippen LogP contribution in [0.1, 0.15) is 41.9 Å². The summed E-state index contributed by atoms with van der Waals surface area (Å²) in [6.45, 7) is 5.89. The van der Waals surface area contributed by atoms with Crippen LogP contribution in [0.2, 0.25) is 5.02 Å². The molecule has 120 valence electrons. The first kappa shape index (κ1) is 14.5. The van der Waals surface area contributed by atoms with Gasteiger partial charge in [0.25, 0.3) is 5.91 Å². The molecule has 5 rings (SSSR count). The number of fused-ring (bicyclic) bond motifs is 4. The Balaban J connectivity index is 1.51. The van der Waals surface area contributed by atoms with E-state index in [1.807, 2.05) is 11.8 Å². The molecule has 3 saturated heterocycles. The number of H-pyrrole nitrogens is 1. The fourth-order valence-corrected chi connectivity index (χ4v) is 4.07. The van der Waals surface area contributed by atoms with Crippen molar-refractivity contribution in [3.05, 3.63) is 16.4 Å². The Morgan fingerprint density at radius 2 is 2.09 bits per heavy atom. The van der Waals surface area contributed by atoms with E-state index >= 15 is 0 Å². The summed E-state index contributed by atoms with van der Waals surface area (Å²) in [6.07, 6.45) is 5.23. The van der Waals surface area contributed by atoms with Crippen LogP contribution in [0.3, 0.4) is 0 Å². The highest BCUT2D eigenvalue weighted by molar-refractivity contribution is 6.34. The van der Waals surface area contributed by atoms with Crippen LogP contribution in [0, 0.1) is 18.8 Å². The van der Waals surface area contributed by atoms with Crippen molar-refractivity contribution in [2.45, 2.75) is 38.6 Å². The summed E-state index contributed by atoms with van der Waals surface area (Å²) in [6, 6.07) is 0.516. The number of hydrogen-bond donors (Lipinski definition) is 1. The lowest BCUT2D eigenvalue weighted by molar-refractivity contribution is 0.0731. The maximum atomic E-state index is 12.8. The largest absolute Gasteiger partial charge is 0.335 e. The van der Waals surface area contributed by atoms with E-state index in [1.165, 1.54) is 32.2 Å². The highest BCUT2D eigenvalue weighted by atomic mass is 35.5. The van der Waals surface area contributed by atoms with Crippen LogP contribution >= 0.6 is 11.6 Å². The molecule has 1 saturated carbocycles. The highest BCUT2D eigenvalue weighted by Crippen LogP contribution is 2.35. The van der Waals surface area contributed by atoms with Crippen LogP contribution in [-0.4, -0.2) is 58.1 Å². The molecule has 0 aromatic carbocycles. The Bertz CT molecular complexity index is 583. The van der Waals surface area contributed by atoms with Gasteiger partial charge in [0, 0.05) is 32.2 Å². The number of aromatic nitrogens is 2. The second-order valence-corrected chi connectivity index (χ2v) is 7.59. The normalized spacial score (nSPS) is 28.9. The third-order valence-electron chi connectivity index (χ3n) is 5.38. The summed E-state index contributed by atoms with van der Waals surface area (Å²) < 4.78 is 0. The lowest BCUT2D eigenvalue weighted by Gasteiger charge is -2.36. The Labute approximate surface area is 136 Å². The number of nitrogens with zero attached hydrogens (tertiary/aromatic N) is 3. The van der Waals surface area contributed by atoms with Gasteiger partial charge in [-0.1, -0.05) is 11.6 Å². The summed E-state index contributed by atoms with van der Waals surface area (Å²) in [7, 11) is 0. The van der Waals surface area contributed by atoms with Gasteiger partial charge in [0.1, 0.15) is 0 Å². The number of halogens is 1. The predicted molar refractivity (Wildman–Crippen MR) is 85.0 cm³/mol. The summed E-state index contributed by atoms with van der Waals surface area (Å²) in [5, 5.41) is 7.39. The molecule has 3 aliphatic heterocycles. The molecule has 1 amide bonds. The number of amides is 1. The standard InChI is InChI=1S/C16H23ClN4O/c1-10-14(17)15(19-18-10)16(22)21-8-12-4-5-13(9-21)20(7-12)6-11-2-3-11/h11-13H,2-9H2,1H3,(H,18,19)/t12-,13-/m1/s1. The van der Waals surface area contributed by atoms with E-state index in [-0.39, 0.29) is 5.91 Å². The number of carbonyl (C=O) groups excluding carboxylic acids is 1. The van der Waals surface area contributed by atoms with Crippen LogP contribution in [0.25, 0.3) is 0 Å². The quantitative estimate of drug-likeness (QED) is 0.929. The molecule has 1 aromatic rings. The van der Waals surface area contributed by atoms with Crippen molar-refractivity contribution >= 4 is 17.5 Å². The Hall–Kier alpha value is -1.07. The monoisotopic (exact) mass is 322 g/mol. The second kappa shape index (κ2) is 5.53. The molecule has 4 fully saturated rings. The maximum Gasteiger partial charge on any atom is 0.275 e. The Morgan fingerprint density at radius 1 is 1.27 bits per heavy atom. The number of hydrogen-bond acceptors (Lipinski definition) is 3. The molecule has 1 N–H and O–H groups in total. The summed E-state index contributed by atoms with van der Waals surface area (Å²) in [5.41, 5.74) is 1.15. The van der Waals surface area contributed by atoms with Crippen molar-refractivity contribution in [3.63, 3.8) is 0 Å². The van der Waals surface area contributed by atoms with Gasteiger partial charge in [-0.15, -0.1) is 0 Å². The molecule has 1 aromatic heterocycles. The molecule has 4 aliphatic rings. The van der Waals surface area contributed by atoms with Gasteiger partial charge in [-0.2, -0.15) is 5.10 Å². The third-order valence-corrected chi connectivity index (χ3v) is 5.84. The number of carbonyl (C=O) groups is 1. The molecule has 2 atom stereocenters. The zero-order valence-corrected chi connectivity index (χ0v) is 13.8. The van der Waals surface area contributed by atoms with Crippen molar-refractivity contribution in [2.24, 2.45) is 11.8 Å². The highest BCUT2D eigenvalue weighted by Gasteiger charge is 2.39. The number of aromatic amines is 1. The fourth-order valence-electron chi connectivity index (χ4n) is 3.91. The van der Waals surface area contributed by atoms with E-state index < -0.39 is 0 Å². The average Bonchev–Trinajstić information content (AvgIpc) is 3.30. The van der Waals surface area contributed by atoms with Crippen molar-refractivity contribution in [1.29, 1.82) is 0 Å². The van der Waals surface area contributed by atoms with Gasteiger partial charge in [0.05, 0.1) is 10.7 Å². The maximum absolute atomic E-state index is 12.8. The summed E-state index contributed by atoms with van der Waals surface area (Å²) in [4.78, 5) is 17.4. The van der Waals surface area contributed by atoms with Crippen molar-refractivity contribution in [3.8, 4) is 0 Å². The molecule has 0 unspecified atom stereocenters. The van der Waals surface area contributed by atoms with E-state index in [4.69, 9.17) is 11.6 Å². The number of aryl methyl sites for hydroxylation is 1. The van der Waals surface area contributed by atoms with E-state index in [1.54, 1.807) is 0 Å². The van der Waals surface area contributed by atoms with Crippen molar-refractivity contribution in [2.75, 3.05) is 26.2 Å². The van der Waals surface area contributed by atoms with Crippen LogP contribution in [-0.2, 0) is 0 Å². The lowest BCUT2D eigenvalue weighted by atomic mass is 9.95. The molecule has 1 aliphatic carbocycles. The predicted octanol–water partition coefficient (Wildman–Crippen LogP) is 2.32. The molecule has 6 heteroatoms. The van der Waals surface area contributed by atoms with Crippen molar-refractivity contribution in [1.82, 2.24) is 20.0 Å². The fraction of sp³-hybridized carbons (Fsp3) is 0.750. The molecule has 0 spiro atoms. The minimum atomic E-state index is -0.0143. The molecular weight excluding hydrogens is 300 g/mol. The zero-order chi connectivity index (χ0) is 15.3. The lowest BCUT2D eigenvalue weighted by Crippen LogP contribution is -2.45. The van der Waals surface area contributed by atoms with Crippen LogP contribution in [0.15, 0.2) is 0 Å². The van der Waals surface area contributed by atoms with Crippen LogP contribution in [0.4, 0.5) is 0 Å². The van der Waals surface area contributed by atoms with Crippen LogP contribution < -0.4 is 0 Å². The van der Waals surface area contributed by atoms with Crippen molar-refractivity contribution < 1.29 is 4.79 Å². The minimum absolute atomic E-state index is 0.0143. The van der Waals surface area contributed by atoms with Gasteiger partial charge >= 0.3 is 0 Å². The smallest absolute Gasteiger partial charge is 0.275 e. The summed E-state index contributed by atoms with van der Waals surface area (Å²) >= 11 is 6.21. The minimum Gasteiger partial charge on any atom is -0.335 e. The third kappa shape index (κ3) is 2.65. The molecule has 4 heterocycles. The molecular formula is C16H23ClN4O. The molecule has 5 nitrogen and oxygen atoms in total. The molecule has 2 bridgehead atoms. The number of nitrogens with one attached hydrogen (secondary N) is 1. The van der Waals surface area contributed by atoms with Gasteiger partial charge in [0.15, 0.2) is 5.69 Å². The SMILES string of the molecule is Cc1[nH]nc(C(=O)N2C[C@@H]3CC[C@H](C2)N(CC2CC2)C3)c1Cl. The summed E-state index contributed by atoms with van der Waals surface area (Å²) in [5.74, 6) is 1.49. The van der Waals surface area contributed by atoms with Gasteiger partial charge < -0.3 is 4.90 Å². The average molecular weight is 323 g/mol. The molecule has 0 radical (unpaired) electrons. The van der Waals surface area contributed by atoms with E-state index in [9.17, 15) is 4.79 Å². The molecule has 22 heavy (non-hydrogen) atoms. The second-order valence-electron chi connectivity index (χ2n) is 7.22. The first-order valence-electron chi connectivity index (χ1n) is 8.35. The Morgan fingerprint density at radius 3 is 2.77 bits per heavy atom. The Kier molecular flexibility index (Phi) is 3.65. The topological polar surface area (TPSA) is 52.2 Å². The van der Waals surface area contributed by atoms with Gasteiger partial charge in [-0.05, 0) is 44.4 Å². The van der Waals surface area contributed by atoms with Gasteiger partial charge in [0.2, 0.25) is 0 Å². The first-order valence-corrected chi connectivity index (χ1v) is 8.73. The van der Waals surface area contributed by atoms with Gasteiger partial charge in [-0.3, -0.25) is 14.8 Å². The van der Waals surface area contributed by atoms with E-state index in [2.05, 4.69) is 15.1 Å². The van der Waals surface area contributed by atoms with E-state index in [0.29, 0.717) is 22.7 Å². The van der Waals surface area contributed by atoms with Gasteiger partial charge in [-0.25, -0.2) is 0 Å².